The maximum atomic E-state index is 11.9. The van der Waals surface area contributed by atoms with Crippen molar-refractivity contribution < 1.29 is 4.79 Å². The number of carbonyl (C=O) groups excluding carboxylic acids is 1. The second-order valence-corrected chi connectivity index (χ2v) is 6.42. The summed E-state index contributed by atoms with van der Waals surface area (Å²) in [6, 6.07) is 11.8. The lowest BCUT2D eigenvalue weighted by atomic mass is 9.92. The van der Waals surface area contributed by atoms with E-state index in [1.807, 2.05) is 0 Å². The Balaban J connectivity index is 2.03. The van der Waals surface area contributed by atoms with Crippen LogP contribution in [-0.2, 0) is 0 Å². The molecule has 126 valence electrons. The van der Waals surface area contributed by atoms with Crippen molar-refractivity contribution in [1.29, 1.82) is 5.26 Å². The molecule has 3 rings (SSSR count). The largest absolute Gasteiger partial charge is 0.342 e. The van der Waals surface area contributed by atoms with Crippen molar-refractivity contribution in [3.8, 4) is 6.07 Å². The number of halogens is 3. The minimum absolute atomic E-state index is 0.314. The number of nitrogens with one attached hydrogen (secondary N) is 1. The van der Waals surface area contributed by atoms with Crippen LogP contribution in [0.3, 0.4) is 0 Å². The van der Waals surface area contributed by atoms with Gasteiger partial charge in [0.25, 0.3) is 0 Å². The summed E-state index contributed by atoms with van der Waals surface area (Å²) < 4.78 is 0. The van der Waals surface area contributed by atoms with Crippen molar-refractivity contribution in [3.05, 3.63) is 62.6 Å². The number of benzene rings is 2. The van der Waals surface area contributed by atoms with Crippen LogP contribution < -0.4 is 10.3 Å². The van der Waals surface area contributed by atoms with Gasteiger partial charge in [-0.2, -0.15) is 15.4 Å². The molecule has 1 aliphatic rings. The average molecular weight is 394 g/mol. The molecule has 25 heavy (non-hydrogen) atoms. The Hall–Kier alpha value is -2.26. The first kappa shape index (κ1) is 17.6. The van der Waals surface area contributed by atoms with E-state index in [0.717, 1.165) is 0 Å². The molecule has 1 unspecified atom stereocenters. The zero-order valence-electron chi connectivity index (χ0n) is 12.7. The Kier molecular flexibility index (Phi) is 5.14. The summed E-state index contributed by atoms with van der Waals surface area (Å²) >= 11 is 18.8. The fourth-order valence-electron chi connectivity index (χ4n) is 2.52. The molecule has 0 aliphatic carbocycles. The maximum Gasteiger partial charge on any atom is 0.342 e. The molecule has 0 radical (unpaired) electrons. The predicted molar refractivity (Wildman–Crippen MR) is 99.7 cm³/mol. The number of rotatable bonds is 3. The van der Waals surface area contributed by atoms with E-state index in [4.69, 9.17) is 34.8 Å². The normalized spacial score (nSPS) is 14.8. The molecule has 1 N–H and O–H groups in total. The summed E-state index contributed by atoms with van der Waals surface area (Å²) in [4.78, 5) is 11.9. The van der Waals surface area contributed by atoms with E-state index < -0.39 is 5.92 Å². The van der Waals surface area contributed by atoms with Gasteiger partial charge in [-0.3, -0.25) is 0 Å². The molecule has 2 amide bonds. The highest BCUT2D eigenvalue weighted by molar-refractivity contribution is 6.36. The van der Waals surface area contributed by atoms with Crippen LogP contribution in [0.4, 0.5) is 10.5 Å². The van der Waals surface area contributed by atoms with E-state index in [1.54, 1.807) is 42.6 Å². The van der Waals surface area contributed by atoms with Gasteiger partial charge in [0.1, 0.15) is 5.92 Å². The number of hydrogen-bond acceptors (Lipinski definition) is 3. The Labute approximate surface area is 159 Å². The third kappa shape index (κ3) is 3.42. The van der Waals surface area contributed by atoms with Crippen molar-refractivity contribution in [2.24, 2.45) is 5.10 Å². The van der Waals surface area contributed by atoms with Crippen LogP contribution in [-0.4, -0.2) is 18.8 Å². The highest BCUT2D eigenvalue weighted by Crippen LogP contribution is 2.39. The number of nitrogens with zero attached hydrogens (tertiary/aromatic N) is 3. The first-order valence-corrected chi connectivity index (χ1v) is 8.39. The van der Waals surface area contributed by atoms with Crippen molar-refractivity contribution in [3.63, 3.8) is 0 Å². The summed E-state index contributed by atoms with van der Waals surface area (Å²) in [7, 11) is 0. The number of hydrazone groups is 1. The van der Waals surface area contributed by atoms with Crippen LogP contribution in [0.1, 0.15) is 17.0 Å². The molecule has 2 aromatic carbocycles. The minimum Gasteiger partial charge on any atom is -0.331 e. The van der Waals surface area contributed by atoms with E-state index in [9.17, 15) is 10.1 Å². The molecule has 1 heterocycles. The summed E-state index contributed by atoms with van der Waals surface area (Å²) in [5.74, 6) is -0.735. The first-order chi connectivity index (χ1) is 12.0. The highest BCUT2D eigenvalue weighted by atomic mass is 35.5. The monoisotopic (exact) mass is 392 g/mol. The Bertz CT molecular complexity index is 887. The molecule has 1 aliphatic heterocycles. The molecule has 0 aromatic heterocycles. The van der Waals surface area contributed by atoms with Gasteiger partial charge in [0.15, 0.2) is 0 Å². The summed E-state index contributed by atoms with van der Waals surface area (Å²) in [5.41, 5.74) is 1.53. The standard InChI is InChI=1S/C17H11Cl3N4O/c18-13-2-1-3-14(19)16(13)12(9-21)11-5-4-10(8-15(11)20)24-17(25)22-6-7-23-24/h1-5,7-8,12H,6H2,(H,22,25). The van der Waals surface area contributed by atoms with Crippen LogP contribution in [0.15, 0.2) is 41.5 Å². The smallest absolute Gasteiger partial charge is 0.331 e. The molecule has 2 aromatic rings. The van der Waals surface area contributed by atoms with Gasteiger partial charge in [-0.15, -0.1) is 0 Å². The zero-order chi connectivity index (χ0) is 18.0. The molecular weight excluding hydrogens is 383 g/mol. The zero-order valence-corrected chi connectivity index (χ0v) is 15.0. The van der Waals surface area contributed by atoms with Gasteiger partial charge >= 0.3 is 6.03 Å². The second kappa shape index (κ2) is 7.32. The van der Waals surface area contributed by atoms with Crippen LogP contribution in [0.25, 0.3) is 0 Å². The number of nitriles is 1. The van der Waals surface area contributed by atoms with E-state index in [2.05, 4.69) is 16.5 Å². The molecule has 5 nitrogen and oxygen atoms in total. The van der Waals surface area contributed by atoms with Gasteiger partial charge in [-0.25, -0.2) is 4.79 Å². The van der Waals surface area contributed by atoms with Crippen molar-refractivity contribution in [1.82, 2.24) is 5.32 Å². The van der Waals surface area contributed by atoms with Crippen molar-refractivity contribution in [2.75, 3.05) is 11.6 Å². The minimum atomic E-state index is -0.735. The van der Waals surface area contributed by atoms with Gasteiger partial charge in [0, 0.05) is 26.8 Å². The van der Waals surface area contributed by atoms with Gasteiger partial charge in [-0.1, -0.05) is 46.9 Å². The molecule has 0 bridgehead atoms. The molecular formula is C17H11Cl3N4O. The molecule has 1 atom stereocenters. The summed E-state index contributed by atoms with van der Waals surface area (Å²) in [5, 5.41) is 18.6. The molecule has 0 spiro atoms. The van der Waals surface area contributed by atoms with Crippen molar-refractivity contribution >= 4 is 52.7 Å². The third-order valence-corrected chi connectivity index (χ3v) is 4.68. The second-order valence-electron chi connectivity index (χ2n) is 5.20. The first-order valence-electron chi connectivity index (χ1n) is 7.26. The molecule has 0 fully saturated rings. The van der Waals surface area contributed by atoms with Gasteiger partial charge < -0.3 is 5.32 Å². The lowest BCUT2D eigenvalue weighted by Crippen LogP contribution is -2.41. The Morgan fingerprint density at radius 2 is 1.88 bits per heavy atom. The van der Waals surface area contributed by atoms with Crippen LogP contribution in [0.2, 0.25) is 15.1 Å². The maximum absolute atomic E-state index is 11.9. The van der Waals surface area contributed by atoms with E-state index >= 15 is 0 Å². The van der Waals surface area contributed by atoms with Crippen LogP contribution >= 0.6 is 34.8 Å². The lowest BCUT2D eigenvalue weighted by molar-refractivity contribution is 0.247. The molecule has 0 saturated carbocycles. The van der Waals surface area contributed by atoms with E-state index in [-0.39, 0.29) is 6.03 Å². The number of hydrogen-bond donors (Lipinski definition) is 1. The fourth-order valence-corrected chi connectivity index (χ4v) is 3.42. The fraction of sp³-hybridized carbons (Fsp3) is 0.118. The quantitative estimate of drug-likeness (QED) is 0.812. The van der Waals surface area contributed by atoms with E-state index in [0.29, 0.717) is 38.4 Å². The molecule has 8 heteroatoms. The summed E-state index contributed by atoms with van der Waals surface area (Å²) in [6.07, 6.45) is 1.57. The number of amides is 2. The van der Waals surface area contributed by atoms with E-state index in [1.165, 1.54) is 5.01 Å². The lowest BCUT2D eigenvalue weighted by Gasteiger charge is -2.22. The predicted octanol–water partition coefficient (Wildman–Crippen LogP) is 4.82. The third-order valence-electron chi connectivity index (χ3n) is 3.69. The highest BCUT2D eigenvalue weighted by Gasteiger charge is 2.24. The van der Waals surface area contributed by atoms with Crippen LogP contribution in [0.5, 0.6) is 0 Å². The van der Waals surface area contributed by atoms with Gasteiger partial charge in [-0.05, 0) is 29.8 Å². The van der Waals surface area contributed by atoms with Gasteiger partial charge in [0.05, 0.1) is 18.3 Å². The Morgan fingerprint density at radius 3 is 2.48 bits per heavy atom. The SMILES string of the molecule is N#CC(c1ccc(N2N=CCNC2=O)cc1Cl)c1c(Cl)cccc1Cl. The number of urea groups is 1. The summed E-state index contributed by atoms with van der Waals surface area (Å²) in [6.45, 7) is 0.378. The van der Waals surface area contributed by atoms with Crippen LogP contribution in [0, 0.1) is 11.3 Å². The Morgan fingerprint density at radius 1 is 1.16 bits per heavy atom. The average Bonchev–Trinajstić information content (AvgIpc) is 2.59. The van der Waals surface area contributed by atoms with Gasteiger partial charge in [0.2, 0.25) is 0 Å². The molecule has 0 saturated heterocycles. The number of anilines is 1. The number of carbonyl (C=O) groups is 1. The topological polar surface area (TPSA) is 68.5 Å². The van der Waals surface area contributed by atoms with Crippen molar-refractivity contribution in [2.45, 2.75) is 5.92 Å².